The first kappa shape index (κ1) is 24.1. The molecule has 4 N–H and O–H groups in total. The Labute approximate surface area is 207 Å². The SMILES string of the molecule is NC(=O)c1cccc2c(NC(CCN3CCCC3)c3cccc(NC(=O)C4CC4(F)F)c3)ncnc12. The molecule has 10 heteroatoms. The Bertz CT molecular complexity index is 1290. The summed E-state index contributed by atoms with van der Waals surface area (Å²) >= 11 is 0. The lowest BCUT2D eigenvalue weighted by Crippen LogP contribution is -2.25. The Morgan fingerprint density at radius 2 is 1.89 bits per heavy atom. The zero-order valence-electron chi connectivity index (χ0n) is 19.7. The Kier molecular flexibility index (Phi) is 6.53. The Hall–Kier alpha value is -3.66. The highest BCUT2D eigenvalue weighted by Crippen LogP contribution is 2.49. The van der Waals surface area contributed by atoms with E-state index in [1.54, 1.807) is 30.3 Å². The molecule has 1 saturated carbocycles. The van der Waals surface area contributed by atoms with Crippen LogP contribution in [0.1, 0.15) is 47.6 Å². The van der Waals surface area contributed by atoms with E-state index in [0.717, 1.165) is 31.6 Å². The van der Waals surface area contributed by atoms with Gasteiger partial charge in [0, 0.05) is 24.0 Å². The molecule has 188 valence electrons. The first-order valence-electron chi connectivity index (χ1n) is 12.1. The molecule has 0 spiro atoms. The molecule has 2 unspecified atom stereocenters. The molecule has 1 saturated heterocycles. The molecule has 2 heterocycles. The zero-order valence-corrected chi connectivity index (χ0v) is 19.7. The number of nitrogens with two attached hydrogens (primary N) is 1. The van der Waals surface area contributed by atoms with Gasteiger partial charge in [-0.2, -0.15) is 0 Å². The van der Waals surface area contributed by atoms with Crippen molar-refractivity contribution in [2.24, 2.45) is 11.7 Å². The van der Waals surface area contributed by atoms with Crippen molar-refractivity contribution < 1.29 is 18.4 Å². The van der Waals surface area contributed by atoms with Crippen molar-refractivity contribution in [2.75, 3.05) is 30.3 Å². The average molecular weight is 495 g/mol. The maximum absolute atomic E-state index is 13.3. The minimum atomic E-state index is -2.92. The number of fused-ring (bicyclic) bond motifs is 1. The van der Waals surface area contributed by atoms with Gasteiger partial charge in [0.25, 0.3) is 11.8 Å². The van der Waals surface area contributed by atoms with Crippen LogP contribution >= 0.6 is 0 Å². The van der Waals surface area contributed by atoms with Crippen molar-refractivity contribution in [1.29, 1.82) is 0 Å². The van der Waals surface area contributed by atoms with Crippen molar-refractivity contribution in [2.45, 2.75) is 37.6 Å². The third-order valence-corrected chi connectivity index (χ3v) is 6.87. The van der Waals surface area contributed by atoms with Gasteiger partial charge in [0.1, 0.15) is 18.1 Å². The summed E-state index contributed by atoms with van der Waals surface area (Å²) in [6.45, 7) is 2.96. The highest BCUT2D eigenvalue weighted by Gasteiger charge is 2.61. The van der Waals surface area contributed by atoms with E-state index >= 15 is 0 Å². The van der Waals surface area contributed by atoms with Gasteiger partial charge >= 0.3 is 0 Å². The van der Waals surface area contributed by atoms with E-state index < -0.39 is 30.1 Å². The van der Waals surface area contributed by atoms with E-state index in [1.807, 2.05) is 12.1 Å². The van der Waals surface area contributed by atoms with Gasteiger partial charge in [-0.05, 0) is 62.2 Å². The molecular weight excluding hydrogens is 466 g/mol. The summed E-state index contributed by atoms with van der Waals surface area (Å²) in [6.07, 6.45) is 4.09. The minimum absolute atomic E-state index is 0.194. The second kappa shape index (κ2) is 9.77. The predicted octanol–water partition coefficient (Wildman–Crippen LogP) is 3.96. The Morgan fingerprint density at radius 1 is 1.14 bits per heavy atom. The quantitative estimate of drug-likeness (QED) is 0.415. The number of nitrogens with zero attached hydrogens (tertiary/aromatic N) is 3. The monoisotopic (exact) mass is 494 g/mol. The number of carbonyl (C=O) groups excluding carboxylic acids is 2. The summed E-state index contributed by atoms with van der Waals surface area (Å²) < 4.78 is 26.7. The number of halogens is 2. The molecule has 1 aromatic heterocycles. The molecule has 1 aliphatic heterocycles. The van der Waals surface area contributed by atoms with Crippen molar-refractivity contribution in [3.8, 4) is 0 Å². The molecule has 8 nitrogen and oxygen atoms in total. The maximum Gasteiger partial charge on any atom is 0.260 e. The van der Waals surface area contributed by atoms with Crippen LogP contribution in [-0.2, 0) is 4.79 Å². The number of alkyl halides is 2. The first-order valence-corrected chi connectivity index (χ1v) is 12.1. The lowest BCUT2D eigenvalue weighted by atomic mass is 10.0. The number of amides is 2. The minimum Gasteiger partial charge on any atom is -0.366 e. The molecule has 0 bridgehead atoms. The number of rotatable bonds is 9. The second-order valence-corrected chi connectivity index (χ2v) is 9.46. The van der Waals surface area contributed by atoms with Crippen LogP contribution in [-0.4, -0.2) is 52.2 Å². The number of anilines is 2. The Balaban J connectivity index is 1.42. The number of benzene rings is 2. The fourth-order valence-electron chi connectivity index (χ4n) is 4.77. The molecule has 2 amide bonds. The maximum atomic E-state index is 13.3. The summed E-state index contributed by atoms with van der Waals surface area (Å²) in [5.74, 6) is -4.86. The standard InChI is InChI=1S/C26H28F2N6O2/c27-26(28)14-20(26)25(36)32-17-6-3-5-16(13-17)21(9-12-34-10-1-2-11-34)33-24-19-8-4-7-18(23(29)35)22(19)30-15-31-24/h3-8,13,15,20-21H,1-2,9-12,14H2,(H2,29,35)(H,32,36)(H,30,31,33). The number of para-hydroxylation sites is 1. The molecule has 3 aromatic rings. The van der Waals surface area contributed by atoms with Crippen molar-refractivity contribution >= 4 is 34.2 Å². The second-order valence-electron chi connectivity index (χ2n) is 9.46. The van der Waals surface area contributed by atoms with Gasteiger partial charge in [-0.25, -0.2) is 18.7 Å². The summed E-state index contributed by atoms with van der Waals surface area (Å²) in [5.41, 5.74) is 7.66. The third-order valence-electron chi connectivity index (χ3n) is 6.87. The number of carbonyl (C=O) groups is 2. The molecule has 1 aliphatic carbocycles. The summed E-state index contributed by atoms with van der Waals surface area (Å²) in [4.78, 5) is 35.2. The lowest BCUT2D eigenvalue weighted by Gasteiger charge is -2.24. The van der Waals surface area contributed by atoms with Crippen LogP contribution in [0.4, 0.5) is 20.3 Å². The van der Waals surface area contributed by atoms with Crippen LogP contribution < -0.4 is 16.4 Å². The predicted molar refractivity (Wildman–Crippen MR) is 133 cm³/mol. The van der Waals surface area contributed by atoms with Crippen LogP contribution in [0.25, 0.3) is 10.9 Å². The van der Waals surface area contributed by atoms with Gasteiger partial charge < -0.3 is 21.3 Å². The van der Waals surface area contributed by atoms with E-state index in [2.05, 4.69) is 25.5 Å². The topological polar surface area (TPSA) is 113 Å². The summed E-state index contributed by atoms with van der Waals surface area (Å²) in [6, 6.07) is 12.2. The molecule has 2 aliphatic rings. The third kappa shape index (κ3) is 5.13. The van der Waals surface area contributed by atoms with Crippen LogP contribution in [0.2, 0.25) is 0 Å². The Morgan fingerprint density at radius 3 is 2.61 bits per heavy atom. The van der Waals surface area contributed by atoms with Crippen LogP contribution in [0.3, 0.4) is 0 Å². The van der Waals surface area contributed by atoms with Crippen LogP contribution in [0.15, 0.2) is 48.8 Å². The van der Waals surface area contributed by atoms with Gasteiger partial charge in [0.15, 0.2) is 0 Å². The summed E-state index contributed by atoms with van der Waals surface area (Å²) in [7, 11) is 0. The number of likely N-dealkylation sites (tertiary alicyclic amines) is 1. The van der Waals surface area contributed by atoms with Crippen molar-refractivity contribution in [3.05, 3.63) is 59.9 Å². The van der Waals surface area contributed by atoms with Crippen molar-refractivity contribution in [3.63, 3.8) is 0 Å². The molecule has 36 heavy (non-hydrogen) atoms. The normalized spacial score (nSPS) is 19.7. The highest BCUT2D eigenvalue weighted by molar-refractivity contribution is 6.06. The van der Waals surface area contributed by atoms with Crippen molar-refractivity contribution in [1.82, 2.24) is 14.9 Å². The van der Waals surface area contributed by atoms with E-state index in [1.165, 1.54) is 19.2 Å². The average Bonchev–Trinajstić information content (AvgIpc) is 3.23. The number of nitrogens with one attached hydrogen (secondary N) is 2. The fraction of sp³-hybridized carbons (Fsp3) is 0.385. The van der Waals surface area contributed by atoms with Gasteiger partial charge in [-0.3, -0.25) is 9.59 Å². The number of hydrogen-bond acceptors (Lipinski definition) is 6. The zero-order chi connectivity index (χ0) is 25.3. The largest absolute Gasteiger partial charge is 0.366 e. The molecule has 2 atom stereocenters. The molecule has 2 aromatic carbocycles. The van der Waals surface area contributed by atoms with E-state index in [-0.39, 0.29) is 6.04 Å². The van der Waals surface area contributed by atoms with Crippen LogP contribution in [0.5, 0.6) is 0 Å². The number of hydrogen-bond donors (Lipinski definition) is 3. The summed E-state index contributed by atoms with van der Waals surface area (Å²) in [5, 5.41) is 6.79. The molecule has 5 rings (SSSR count). The molecule has 2 fully saturated rings. The van der Waals surface area contributed by atoms with Crippen LogP contribution in [0, 0.1) is 5.92 Å². The molecular formula is C26H28F2N6O2. The van der Waals surface area contributed by atoms with Gasteiger partial charge in [-0.15, -0.1) is 0 Å². The highest BCUT2D eigenvalue weighted by atomic mass is 19.3. The molecule has 0 radical (unpaired) electrons. The smallest absolute Gasteiger partial charge is 0.260 e. The van der Waals surface area contributed by atoms with Gasteiger partial charge in [-0.1, -0.05) is 18.2 Å². The number of primary amides is 1. The lowest BCUT2D eigenvalue weighted by molar-refractivity contribution is -0.119. The van der Waals surface area contributed by atoms with Gasteiger partial charge in [0.05, 0.1) is 17.1 Å². The van der Waals surface area contributed by atoms with E-state index in [0.29, 0.717) is 28.0 Å². The van der Waals surface area contributed by atoms with E-state index in [9.17, 15) is 18.4 Å². The fourth-order valence-corrected chi connectivity index (χ4v) is 4.77. The number of aromatic nitrogens is 2. The van der Waals surface area contributed by atoms with E-state index in [4.69, 9.17) is 5.73 Å². The first-order chi connectivity index (χ1) is 17.3. The van der Waals surface area contributed by atoms with Gasteiger partial charge in [0.2, 0.25) is 5.91 Å².